The van der Waals surface area contributed by atoms with Crippen LogP contribution in [0.4, 0.5) is 4.79 Å². The Bertz CT molecular complexity index is 782. The van der Waals surface area contributed by atoms with Gasteiger partial charge in [-0.2, -0.15) is 0 Å². The summed E-state index contributed by atoms with van der Waals surface area (Å²) in [6, 6.07) is 10.3. The van der Waals surface area contributed by atoms with Crippen LogP contribution < -0.4 is 0 Å². The van der Waals surface area contributed by atoms with Crippen LogP contribution in [0.15, 0.2) is 53.6 Å². The van der Waals surface area contributed by atoms with Crippen LogP contribution in [0.5, 0.6) is 0 Å². The van der Waals surface area contributed by atoms with E-state index in [4.69, 9.17) is 4.52 Å². The summed E-state index contributed by atoms with van der Waals surface area (Å²) in [5.41, 5.74) is 1.22. The van der Waals surface area contributed by atoms with Gasteiger partial charge in [0.1, 0.15) is 5.69 Å². The number of benzene rings is 1. The number of urea groups is 1. The topological polar surface area (TPSA) is 83.7 Å². The van der Waals surface area contributed by atoms with Gasteiger partial charge in [0.2, 0.25) is 0 Å². The third-order valence-corrected chi connectivity index (χ3v) is 3.38. The van der Waals surface area contributed by atoms with Crippen molar-refractivity contribution in [2.45, 2.75) is 6.54 Å². The molecule has 2 aromatic rings. The van der Waals surface area contributed by atoms with Crippen molar-refractivity contribution in [1.82, 2.24) is 15.0 Å². The van der Waals surface area contributed by atoms with Crippen molar-refractivity contribution >= 4 is 17.8 Å². The lowest BCUT2D eigenvalue weighted by Gasteiger charge is -2.12. The monoisotopic (exact) mass is 311 g/mol. The van der Waals surface area contributed by atoms with Crippen LogP contribution >= 0.6 is 0 Å². The Hall–Kier alpha value is -3.22. The number of carbonyl (C=O) groups excluding carboxylic acids is 3. The Kier molecular flexibility index (Phi) is 3.76. The molecule has 0 spiro atoms. The Labute approximate surface area is 131 Å². The first-order valence-corrected chi connectivity index (χ1v) is 6.91. The minimum absolute atomic E-state index is 0.00596. The lowest BCUT2D eigenvalue weighted by atomic mass is 10.1. The molecule has 0 radical (unpaired) electrons. The average Bonchev–Trinajstić information content (AvgIpc) is 3.11. The Morgan fingerprint density at radius 3 is 2.48 bits per heavy atom. The van der Waals surface area contributed by atoms with E-state index in [1.807, 2.05) is 30.3 Å². The van der Waals surface area contributed by atoms with Gasteiger partial charge in [0, 0.05) is 18.2 Å². The maximum atomic E-state index is 12.1. The summed E-state index contributed by atoms with van der Waals surface area (Å²) in [4.78, 5) is 37.4. The molecule has 1 aliphatic heterocycles. The van der Waals surface area contributed by atoms with E-state index in [2.05, 4.69) is 11.7 Å². The van der Waals surface area contributed by atoms with Crippen LogP contribution in [-0.2, 0) is 16.1 Å². The molecule has 0 unspecified atom stereocenters. The second-order valence-corrected chi connectivity index (χ2v) is 4.93. The SMILES string of the molecule is C=CCN1C(=O)C(=O)N(Cc2cc(-c3ccccc3)on2)C1=O. The molecule has 2 heterocycles. The molecular weight excluding hydrogens is 298 g/mol. The maximum Gasteiger partial charge on any atom is 0.334 e. The number of hydrogen-bond donors (Lipinski definition) is 0. The Morgan fingerprint density at radius 2 is 1.78 bits per heavy atom. The highest BCUT2D eigenvalue weighted by molar-refractivity contribution is 6.44. The number of imide groups is 2. The summed E-state index contributed by atoms with van der Waals surface area (Å²) in [6.45, 7) is 3.34. The van der Waals surface area contributed by atoms with Crippen LogP contribution in [0.1, 0.15) is 5.69 Å². The second-order valence-electron chi connectivity index (χ2n) is 4.93. The zero-order valence-corrected chi connectivity index (χ0v) is 12.1. The third-order valence-electron chi connectivity index (χ3n) is 3.38. The van der Waals surface area contributed by atoms with E-state index in [0.29, 0.717) is 11.5 Å². The van der Waals surface area contributed by atoms with Crippen LogP contribution in [0.25, 0.3) is 11.3 Å². The van der Waals surface area contributed by atoms with E-state index in [1.165, 1.54) is 6.08 Å². The molecule has 23 heavy (non-hydrogen) atoms. The van der Waals surface area contributed by atoms with Gasteiger partial charge in [-0.15, -0.1) is 6.58 Å². The largest absolute Gasteiger partial charge is 0.356 e. The van der Waals surface area contributed by atoms with Crippen LogP contribution in [0.3, 0.4) is 0 Å². The molecule has 1 fully saturated rings. The van der Waals surface area contributed by atoms with Crippen LogP contribution in [-0.4, -0.2) is 39.3 Å². The quantitative estimate of drug-likeness (QED) is 0.478. The van der Waals surface area contributed by atoms with Gasteiger partial charge in [-0.05, 0) is 0 Å². The molecule has 4 amide bonds. The number of rotatable bonds is 5. The number of nitrogens with zero attached hydrogens (tertiary/aromatic N) is 3. The highest BCUT2D eigenvalue weighted by Gasteiger charge is 2.44. The van der Waals surface area contributed by atoms with Crippen molar-refractivity contribution in [2.24, 2.45) is 0 Å². The molecule has 7 heteroatoms. The van der Waals surface area contributed by atoms with E-state index < -0.39 is 17.8 Å². The van der Waals surface area contributed by atoms with Crippen molar-refractivity contribution in [3.8, 4) is 11.3 Å². The van der Waals surface area contributed by atoms with Gasteiger partial charge < -0.3 is 4.52 Å². The molecule has 3 rings (SSSR count). The predicted octanol–water partition coefficient (Wildman–Crippen LogP) is 1.82. The molecule has 0 bridgehead atoms. The van der Waals surface area contributed by atoms with Crippen molar-refractivity contribution in [3.63, 3.8) is 0 Å². The summed E-state index contributed by atoms with van der Waals surface area (Å²) in [5.74, 6) is -1.21. The predicted molar refractivity (Wildman–Crippen MR) is 79.8 cm³/mol. The highest BCUT2D eigenvalue weighted by Crippen LogP contribution is 2.22. The van der Waals surface area contributed by atoms with Crippen LogP contribution in [0.2, 0.25) is 0 Å². The standard InChI is InChI=1S/C16H13N3O4/c1-2-8-18-14(20)15(21)19(16(18)22)10-12-9-13(23-17-12)11-6-4-3-5-7-11/h2-7,9H,1,8,10H2. The minimum Gasteiger partial charge on any atom is -0.356 e. The molecule has 1 aromatic carbocycles. The summed E-state index contributed by atoms with van der Waals surface area (Å²) in [5, 5.41) is 3.85. The van der Waals surface area contributed by atoms with Crippen molar-refractivity contribution in [2.75, 3.05) is 6.54 Å². The fraction of sp³-hybridized carbons (Fsp3) is 0.125. The molecule has 0 atom stereocenters. The van der Waals surface area contributed by atoms with Gasteiger partial charge in [-0.3, -0.25) is 14.5 Å². The third kappa shape index (κ3) is 2.64. The van der Waals surface area contributed by atoms with Crippen molar-refractivity contribution in [1.29, 1.82) is 0 Å². The van der Waals surface area contributed by atoms with Gasteiger partial charge in [0.15, 0.2) is 5.76 Å². The fourth-order valence-corrected chi connectivity index (χ4v) is 2.27. The van der Waals surface area contributed by atoms with Gasteiger partial charge >= 0.3 is 17.8 Å². The first kappa shape index (κ1) is 14.7. The molecule has 0 aliphatic carbocycles. The summed E-state index contributed by atoms with van der Waals surface area (Å²) >= 11 is 0. The van der Waals surface area contributed by atoms with Crippen molar-refractivity contribution < 1.29 is 18.9 Å². The molecule has 1 aromatic heterocycles. The molecule has 7 nitrogen and oxygen atoms in total. The van der Waals surface area contributed by atoms with E-state index in [-0.39, 0.29) is 13.1 Å². The van der Waals surface area contributed by atoms with Gasteiger partial charge in [0.25, 0.3) is 0 Å². The number of amides is 4. The zero-order chi connectivity index (χ0) is 16.4. The first-order chi connectivity index (χ1) is 11.1. The van der Waals surface area contributed by atoms with E-state index >= 15 is 0 Å². The lowest BCUT2D eigenvalue weighted by molar-refractivity contribution is -0.143. The molecule has 1 saturated heterocycles. The first-order valence-electron chi connectivity index (χ1n) is 6.91. The van der Waals surface area contributed by atoms with Gasteiger partial charge in [0.05, 0.1) is 6.54 Å². The molecule has 1 aliphatic rings. The summed E-state index contributed by atoms with van der Waals surface area (Å²) in [6.07, 6.45) is 1.39. The summed E-state index contributed by atoms with van der Waals surface area (Å²) < 4.78 is 5.22. The van der Waals surface area contributed by atoms with E-state index in [1.54, 1.807) is 6.07 Å². The molecule has 0 saturated carbocycles. The van der Waals surface area contributed by atoms with Gasteiger partial charge in [-0.1, -0.05) is 41.6 Å². The fourth-order valence-electron chi connectivity index (χ4n) is 2.27. The maximum absolute atomic E-state index is 12.1. The molecule has 0 N–H and O–H groups in total. The van der Waals surface area contributed by atoms with Gasteiger partial charge in [-0.25, -0.2) is 9.69 Å². The zero-order valence-electron chi connectivity index (χ0n) is 12.1. The number of aromatic nitrogens is 1. The average molecular weight is 311 g/mol. The highest BCUT2D eigenvalue weighted by atomic mass is 16.5. The Balaban J connectivity index is 1.79. The van der Waals surface area contributed by atoms with Crippen molar-refractivity contribution in [3.05, 3.63) is 54.7 Å². The smallest absolute Gasteiger partial charge is 0.334 e. The lowest BCUT2D eigenvalue weighted by Crippen LogP contribution is -2.33. The molecular formula is C16H13N3O4. The Morgan fingerprint density at radius 1 is 1.09 bits per heavy atom. The number of hydrogen-bond acceptors (Lipinski definition) is 5. The molecule has 116 valence electrons. The van der Waals surface area contributed by atoms with E-state index in [0.717, 1.165) is 15.4 Å². The van der Waals surface area contributed by atoms with Crippen LogP contribution in [0, 0.1) is 0 Å². The normalized spacial score (nSPS) is 14.7. The number of carbonyl (C=O) groups is 3. The minimum atomic E-state index is -0.874. The second kappa shape index (κ2) is 5.88. The summed E-state index contributed by atoms with van der Waals surface area (Å²) in [7, 11) is 0. The van der Waals surface area contributed by atoms with E-state index in [9.17, 15) is 14.4 Å².